The first-order chi connectivity index (χ1) is 14.5. The van der Waals surface area contributed by atoms with Crippen molar-refractivity contribution >= 4 is 5.91 Å². The number of rotatable bonds is 15. The molecule has 0 aromatic carbocycles. The molecular formula is C27H47NO3. The highest BCUT2D eigenvalue weighted by Gasteiger charge is 2.32. The Morgan fingerprint density at radius 1 is 0.968 bits per heavy atom. The van der Waals surface area contributed by atoms with E-state index < -0.39 is 12.2 Å². The fourth-order valence-electron chi connectivity index (χ4n) is 4.44. The Morgan fingerprint density at radius 2 is 1.58 bits per heavy atom. The van der Waals surface area contributed by atoms with Gasteiger partial charge in [0.2, 0.25) is 5.91 Å². The number of aliphatic hydroxyl groups excluding tert-OH is 2. The van der Waals surface area contributed by atoms with Crippen molar-refractivity contribution in [3.05, 3.63) is 48.6 Å². The molecule has 0 aliphatic rings. The highest BCUT2D eigenvalue weighted by atomic mass is 16.3. The number of amides is 1. The maximum Gasteiger partial charge on any atom is 0.217 e. The third-order valence-electron chi connectivity index (χ3n) is 6.40. The second-order valence-electron chi connectivity index (χ2n) is 9.40. The predicted molar refractivity (Wildman–Crippen MR) is 132 cm³/mol. The zero-order chi connectivity index (χ0) is 24.1. The molecule has 4 heteroatoms. The van der Waals surface area contributed by atoms with Crippen LogP contribution in [0.15, 0.2) is 48.6 Å². The highest BCUT2D eigenvalue weighted by molar-refractivity contribution is 5.74. The van der Waals surface area contributed by atoms with Crippen LogP contribution in [0.4, 0.5) is 0 Å². The number of aliphatic hydroxyl groups is 2. The van der Waals surface area contributed by atoms with Crippen LogP contribution < -0.4 is 5.73 Å². The summed E-state index contributed by atoms with van der Waals surface area (Å²) in [6, 6.07) is 0. The van der Waals surface area contributed by atoms with Crippen LogP contribution in [0.1, 0.15) is 67.7 Å². The number of carbonyl (C=O) groups is 1. The number of nitrogens with two attached hydrogens (primary N) is 1. The molecule has 31 heavy (non-hydrogen) atoms. The van der Waals surface area contributed by atoms with Gasteiger partial charge in [-0.1, -0.05) is 90.2 Å². The minimum atomic E-state index is -0.557. The summed E-state index contributed by atoms with van der Waals surface area (Å²) >= 11 is 0. The first kappa shape index (κ1) is 29.4. The van der Waals surface area contributed by atoms with E-state index in [2.05, 4.69) is 38.7 Å². The number of hydrogen-bond acceptors (Lipinski definition) is 3. The zero-order valence-electron chi connectivity index (χ0n) is 20.8. The molecule has 0 aromatic heterocycles. The molecule has 0 aliphatic carbocycles. The summed E-state index contributed by atoms with van der Waals surface area (Å²) in [6.45, 7) is 18.0. The Balaban J connectivity index is 5.20. The van der Waals surface area contributed by atoms with Gasteiger partial charge in [-0.15, -0.1) is 0 Å². The summed E-state index contributed by atoms with van der Waals surface area (Å²) < 4.78 is 0. The summed E-state index contributed by atoms with van der Waals surface area (Å²) in [5.41, 5.74) is 6.65. The minimum Gasteiger partial charge on any atom is -0.393 e. The van der Waals surface area contributed by atoms with Crippen LogP contribution in [0.25, 0.3) is 0 Å². The van der Waals surface area contributed by atoms with Gasteiger partial charge in [0.15, 0.2) is 0 Å². The van der Waals surface area contributed by atoms with Crippen molar-refractivity contribution in [3.63, 3.8) is 0 Å². The second kappa shape index (κ2) is 15.2. The fraction of sp³-hybridized carbons (Fsp3) is 0.667. The zero-order valence-corrected chi connectivity index (χ0v) is 20.8. The van der Waals surface area contributed by atoms with Crippen molar-refractivity contribution in [2.24, 2.45) is 41.2 Å². The molecule has 0 heterocycles. The average molecular weight is 434 g/mol. The van der Waals surface area contributed by atoms with Crippen molar-refractivity contribution in [3.8, 4) is 0 Å². The quantitative estimate of drug-likeness (QED) is 0.238. The van der Waals surface area contributed by atoms with E-state index in [1.165, 1.54) is 0 Å². The predicted octanol–water partition coefficient (Wildman–Crippen LogP) is 5.43. The van der Waals surface area contributed by atoms with E-state index in [0.29, 0.717) is 0 Å². The Labute approximate surface area is 191 Å². The van der Waals surface area contributed by atoms with Crippen molar-refractivity contribution in [1.82, 2.24) is 0 Å². The molecule has 0 bridgehead atoms. The molecule has 1 amide bonds. The van der Waals surface area contributed by atoms with Crippen molar-refractivity contribution in [2.75, 3.05) is 0 Å². The topological polar surface area (TPSA) is 83.6 Å². The number of primary amides is 1. The van der Waals surface area contributed by atoms with E-state index in [1.807, 2.05) is 46.8 Å². The van der Waals surface area contributed by atoms with Crippen molar-refractivity contribution in [2.45, 2.75) is 79.9 Å². The standard InChI is InChI=1S/C27H47NO3/c1-9-11-13-19(4)24(17-25(28)29)23(8)27(31)22(7)16-18(3)15-21(6)26(30)20(5)14-12-10-2/h9,11-15,19-24,26-27,30-31H,1,10,16-17H2,2-8H3,(H2,28,29)/b13-11-,14-12-,18-15-. The van der Waals surface area contributed by atoms with Crippen LogP contribution in [0.2, 0.25) is 0 Å². The molecule has 0 aromatic rings. The van der Waals surface area contributed by atoms with E-state index in [9.17, 15) is 15.0 Å². The van der Waals surface area contributed by atoms with Gasteiger partial charge >= 0.3 is 0 Å². The normalized spacial score (nSPS) is 20.7. The van der Waals surface area contributed by atoms with Crippen LogP contribution in [0.5, 0.6) is 0 Å². The van der Waals surface area contributed by atoms with Crippen LogP contribution in [0, 0.1) is 35.5 Å². The lowest BCUT2D eigenvalue weighted by atomic mass is 9.74. The van der Waals surface area contributed by atoms with E-state index >= 15 is 0 Å². The summed E-state index contributed by atoms with van der Waals surface area (Å²) in [6.07, 6.45) is 12.8. The van der Waals surface area contributed by atoms with Gasteiger partial charge in [0.1, 0.15) is 0 Å². The molecule has 0 saturated heterocycles. The van der Waals surface area contributed by atoms with Gasteiger partial charge in [-0.05, 0) is 43.4 Å². The van der Waals surface area contributed by atoms with Gasteiger partial charge in [-0.25, -0.2) is 0 Å². The van der Waals surface area contributed by atoms with E-state index in [1.54, 1.807) is 6.08 Å². The van der Waals surface area contributed by atoms with Crippen LogP contribution in [-0.2, 0) is 4.79 Å². The Morgan fingerprint density at radius 3 is 2.10 bits per heavy atom. The highest BCUT2D eigenvalue weighted by Crippen LogP contribution is 2.32. The monoisotopic (exact) mass is 433 g/mol. The molecule has 8 unspecified atom stereocenters. The average Bonchev–Trinajstić information content (AvgIpc) is 2.71. The molecule has 4 nitrogen and oxygen atoms in total. The maximum absolute atomic E-state index is 11.6. The Hall–Kier alpha value is -1.65. The molecule has 0 rings (SSSR count). The molecule has 4 N–H and O–H groups in total. The lowest BCUT2D eigenvalue weighted by Gasteiger charge is -2.34. The molecule has 8 atom stereocenters. The van der Waals surface area contributed by atoms with Crippen LogP contribution in [-0.4, -0.2) is 28.3 Å². The maximum atomic E-state index is 11.6. The van der Waals surface area contributed by atoms with Gasteiger partial charge in [0.25, 0.3) is 0 Å². The fourth-order valence-corrected chi connectivity index (χ4v) is 4.44. The molecule has 178 valence electrons. The SMILES string of the molecule is C=C/C=C\C(C)C(CC(N)=O)C(C)C(O)C(C)C/C(C)=C\C(C)C(O)C(C)/C=C\CC. The van der Waals surface area contributed by atoms with Gasteiger partial charge < -0.3 is 15.9 Å². The van der Waals surface area contributed by atoms with Gasteiger partial charge in [0, 0.05) is 18.3 Å². The number of hydrogen-bond donors (Lipinski definition) is 3. The Bertz CT molecular complexity index is 622. The van der Waals surface area contributed by atoms with Crippen LogP contribution in [0.3, 0.4) is 0 Å². The minimum absolute atomic E-state index is 0.0268. The first-order valence-electron chi connectivity index (χ1n) is 11.7. The molecule has 0 spiro atoms. The molecule has 0 radical (unpaired) electrons. The third kappa shape index (κ3) is 11.0. The third-order valence-corrected chi connectivity index (χ3v) is 6.40. The van der Waals surface area contributed by atoms with Gasteiger partial charge in [-0.2, -0.15) is 0 Å². The number of carbonyl (C=O) groups excluding carboxylic acids is 1. The van der Waals surface area contributed by atoms with Crippen molar-refractivity contribution in [1.29, 1.82) is 0 Å². The summed E-state index contributed by atoms with van der Waals surface area (Å²) in [5, 5.41) is 21.6. The van der Waals surface area contributed by atoms with E-state index in [0.717, 1.165) is 18.4 Å². The summed E-state index contributed by atoms with van der Waals surface area (Å²) in [7, 11) is 0. The summed E-state index contributed by atoms with van der Waals surface area (Å²) in [5.74, 6) is -0.206. The molecule has 0 fully saturated rings. The van der Waals surface area contributed by atoms with Crippen molar-refractivity contribution < 1.29 is 15.0 Å². The summed E-state index contributed by atoms with van der Waals surface area (Å²) in [4.78, 5) is 11.6. The van der Waals surface area contributed by atoms with Gasteiger partial charge in [-0.3, -0.25) is 4.79 Å². The number of allylic oxidation sites excluding steroid dienone is 5. The van der Waals surface area contributed by atoms with Gasteiger partial charge in [0.05, 0.1) is 12.2 Å². The molecular weight excluding hydrogens is 386 g/mol. The van der Waals surface area contributed by atoms with E-state index in [-0.39, 0.29) is 47.8 Å². The van der Waals surface area contributed by atoms with E-state index in [4.69, 9.17) is 5.73 Å². The lowest BCUT2D eigenvalue weighted by Crippen LogP contribution is -2.36. The molecule has 0 saturated carbocycles. The van der Waals surface area contributed by atoms with Crippen LogP contribution >= 0.6 is 0 Å². The molecule has 0 aliphatic heterocycles. The second-order valence-corrected chi connectivity index (χ2v) is 9.40. The smallest absolute Gasteiger partial charge is 0.217 e. The Kier molecular flexibility index (Phi) is 14.4. The largest absolute Gasteiger partial charge is 0.393 e. The lowest BCUT2D eigenvalue weighted by molar-refractivity contribution is -0.120. The first-order valence-corrected chi connectivity index (χ1v) is 11.7.